The third-order valence-electron chi connectivity index (χ3n) is 6.85. The van der Waals surface area contributed by atoms with E-state index in [2.05, 4.69) is 46.5 Å². The van der Waals surface area contributed by atoms with Gasteiger partial charge in [-0.15, -0.1) is 24.0 Å². The van der Waals surface area contributed by atoms with Gasteiger partial charge in [0.2, 0.25) is 0 Å². The van der Waals surface area contributed by atoms with Gasteiger partial charge in [0.25, 0.3) is 0 Å². The number of rotatable bonds is 5. The first-order valence-corrected chi connectivity index (χ1v) is 10.6. The van der Waals surface area contributed by atoms with Crippen LogP contribution in [0.1, 0.15) is 26.7 Å². The van der Waals surface area contributed by atoms with Gasteiger partial charge in [-0.3, -0.25) is 4.99 Å². The summed E-state index contributed by atoms with van der Waals surface area (Å²) in [6, 6.07) is 6.78. The molecule has 1 aliphatic carbocycles. The Hall–Kier alpha value is -1.42. The van der Waals surface area contributed by atoms with Crippen molar-refractivity contribution < 1.29 is 14.2 Å². The molecular weight excluding hydrogens is 495 g/mol. The topological polar surface area (TPSA) is 67.4 Å². The Balaban J connectivity index is 0.00000256. The second-order valence-corrected chi connectivity index (χ2v) is 8.91. The molecule has 4 rings (SSSR count). The highest BCUT2D eigenvalue weighted by Crippen LogP contribution is 2.52. The molecule has 0 amide bonds. The number of ether oxygens (including phenoxy) is 3. The van der Waals surface area contributed by atoms with Gasteiger partial charge in [-0.1, -0.05) is 13.8 Å². The van der Waals surface area contributed by atoms with Crippen molar-refractivity contribution >= 4 is 35.6 Å². The lowest BCUT2D eigenvalue weighted by Gasteiger charge is -2.55. The molecule has 8 heteroatoms. The van der Waals surface area contributed by atoms with Gasteiger partial charge < -0.3 is 29.7 Å². The predicted molar refractivity (Wildman–Crippen MR) is 131 cm³/mol. The van der Waals surface area contributed by atoms with Gasteiger partial charge in [0.15, 0.2) is 5.96 Å². The minimum absolute atomic E-state index is 0. The molecule has 1 aromatic rings. The van der Waals surface area contributed by atoms with E-state index >= 15 is 0 Å². The number of hydrogen-bond donors (Lipinski definition) is 2. The van der Waals surface area contributed by atoms with Crippen LogP contribution in [0.4, 0.5) is 5.69 Å². The third kappa shape index (κ3) is 4.30. The molecule has 2 aliphatic heterocycles. The average Bonchev–Trinajstić information content (AvgIpc) is 3.39. The van der Waals surface area contributed by atoms with Crippen LogP contribution in [0.2, 0.25) is 0 Å². The molecule has 3 fully saturated rings. The number of nitrogens with zero attached hydrogens (tertiary/aromatic N) is 2. The van der Waals surface area contributed by atoms with Crippen molar-refractivity contribution in [3.05, 3.63) is 18.2 Å². The summed E-state index contributed by atoms with van der Waals surface area (Å²) in [4.78, 5) is 6.87. The third-order valence-corrected chi connectivity index (χ3v) is 6.85. The Morgan fingerprint density at radius 1 is 1.13 bits per heavy atom. The first-order chi connectivity index (χ1) is 14.0. The summed E-state index contributed by atoms with van der Waals surface area (Å²) in [5.41, 5.74) is 1.26. The van der Waals surface area contributed by atoms with E-state index in [1.54, 1.807) is 14.2 Å². The zero-order valence-electron chi connectivity index (χ0n) is 18.6. The van der Waals surface area contributed by atoms with E-state index in [4.69, 9.17) is 14.2 Å². The maximum atomic E-state index is 5.92. The molecule has 4 atom stereocenters. The molecule has 1 saturated carbocycles. The van der Waals surface area contributed by atoms with Crippen LogP contribution in [0.3, 0.4) is 0 Å². The van der Waals surface area contributed by atoms with E-state index in [1.807, 2.05) is 13.1 Å². The summed E-state index contributed by atoms with van der Waals surface area (Å²) >= 11 is 0. The number of nitrogens with one attached hydrogen (secondary N) is 2. The molecule has 0 aromatic heterocycles. The Bertz CT molecular complexity index is 750. The van der Waals surface area contributed by atoms with E-state index in [1.165, 1.54) is 0 Å². The minimum atomic E-state index is 0. The fraction of sp³-hybridized carbons (Fsp3) is 0.682. The van der Waals surface area contributed by atoms with Crippen LogP contribution in [0, 0.1) is 11.3 Å². The minimum Gasteiger partial charge on any atom is -0.497 e. The molecule has 3 aliphatic rings. The van der Waals surface area contributed by atoms with Crippen molar-refractivity contribution in [2.45, 2.75) is 44.9 Å². The van der Waals surface area contributed by atoms with Gasteiger partial charge in [0, 0.05) is 74.0 Å². The predicted octanol–water partition coefficient (Wildman–Crippen LogP) is 2.88. The number of aliphatic imine (C=N–C) groups is 1. The number of guanidine groups is 1. The molecule has 168 valence electrons. The quantitative estimate of drug-likeness (QED) is 0.347. The first kappa shape index (κ1) is 23.2. The molecule has 1 aromatic carbocycles. The lowest BCUT2D eigenvalue weighted by molar-refractivity contribution is -0.106. The Morgan fingerprint density at radius 2 is 1.83 bits per heavy atom. The number of fused-ring (bicyclic) bond motifs is 1. The molecule has 0 bridgehead atoms. The Kier molecular flexibility index (Phi) is 7.27. The molecule has 2 N–H and O–H groups in total. The zero-order valence-corrected chi connectivity index (χ0v) is 20.9. The van der Waals surface area contributed by atoms with E-state index in [-0.39, 0.29) is 29.4 Å². The highest BCUT2D eigenvalue weighted by atomic mass is 127. The van der Waals surface area contributed by atoms with Crippen molar-refractivity contribution in [3.8, 4) is 11.5 Å². The maximum absolute atomic E-state index is 5.92. The van der Waals surface area contributed by atoms with E-state index < -0.39 is 0 Å². The van der Waals surface area contributed by atoms with Gasteiger partial charge in [0.1, 0.15) is 11.5 Å². The summed E-state index contributed by atoms with van der Waals surface area (Å²) in [5, 5.41) is 7.32. The Labute approximate surface area is 196 Å². The van der Waals surface area contributed by atoms with Crippen molar-refractivity contribution in [3.63, 3.8) is 0 Å². The highest BCUT2D eigenvalue weighted by Gasteiger charge is 2.59. The number of methoxy groups -OCH3 is 2. The second-order valence-electron chi connectivity index (χ2n) is 8.91. The van der Waals surface area contributed by atoms with E-state index in [9.17, 15) is 0 Å². The normalized spacial score (nSPS) is 29.5. The van der Waals surface area contributed by atoms with Crippen molar-refractivity contribution in [1.82, 2.24) is 10.6 Å². The van der Waals surface area contributed by atoms with Gasteiger partial charge >= 0.3 is 0 Å². The summed E-state index contributed by atoms with van der Waals surface area (Å²) in [7, 11) is 5.22. The van der Waals surface area contributed by atoms with Crippen molar-refractivity contribution in [2.24, 2.45) is 16.3 Å². The summed E-state index contributed by atoms with van der Waals surface area (Å²) in [5.74, 6) is 3.11. The van der Waals surface area contributed by atoms with Crippen molar-refractivity contribution in [2.75, 3.05) is 45.9 Å². The lowest BCUT2D eigenvalue weighted by Crippen LogP contribution is -2.68. The zero-order chi connectivity index (χ0) is 20.6. The van der Waals surface area contributed by atoms with Crippen LogP contribution in [-0.4, -0.2) is 65.1 Å². The molecule has 4 unspecified atom stereocenters. The molecular formula is C22H35IN4O3. The maximum Gasteiger partial charge on any atom is 0.191 e. The number of benzene rings is 1. The van der Waals surface area contributed by atoms with Gasteiger partial charge in [-0.25, -0.2) is 0 Å². The molecule has 2 saturated heterocycles. The fourth-order valence-corrected chi connectivity index (χ4v) is 5.22. The first-order valence-electron chi connectivity index (χ1n) is 10.6. The van der Waals surface area contributed by atoms with Crippen LogP contribution >= 0.6 is 24.0 Å². The summed E-state index contributed by atoms with van der Waals surface area (Å²) < 4.78 is 16.8. The molecule has 0 radical (unpaired) electrons. The van der Waals surface area contributed by atoms with E-state index in [0.29, 0.717) is 24.1 Å². The monoisotopic (exact) mass is 530 g/mol. The SMILES string of the molecule is CN=C(NC1CCN(c2cc(OC)cc(OC)c2)C1)NC1C2CCOC2C1(C)C.I. The summed E-state index contributed by atoms with van der Waals surface area (Å²) in [6.45, 7) is 7.36. The summed E-state index contributed by atoms with van der Waals surface area (Å²) in [6.07, 6.45) is 2.57. The van der Waals surface area contributed by atoms with Crippen LogP contribution in [-0.2, 0) is 4.74 Å². The second kappa shape index (κ2) is 9.38. The van der Waals surface area contributed by atoms with Crippen molar-refractivity contribution in [1.29, 1.82) is 0 Å². The molecule has 2 heterocycles. The lowest BCUT2D eigenvalue weighted by atomic mass is 9.57. The highest BCUT2D eigenvalue weighted by molar-refractivity contribution is 14.0. The van der Waals surface area contributed by atoms with Crippen LogP contribution < -0.4 is 25.0 Å². The van der Waals surface area contributed by atoms with Gasteiger partial charge in [-0.05, 0) is 12.8 Å². The molecule has 7 nitrogen and oxygen atoms in total. The largest absolute Gasteiger partial charge is 0.497 e. The Morgan fingerprint density at radius 3 is 2.47 bits per heavy atom. The molecule has 30 heavy (non-hydrogen) atoms. The number of anilines is 1. The van der Waals surface area contributed by atoms with Crippen LogP contribution in [0.25, 0.3) is 0 Å². The van der Waals surface area contributed by atoms with Crippen LogP contribution in [0.15, 0.2) is 23.2 Å². The van der Waals surface area contributed by atoms with Gasteiger partial charge in [-0.2, -0.15) is 0 Å². The fourth-order valence-electron chi connectivity index (χ4n) is 5.22. The smallest absolute Gasteiger partial charge is 0.191 e. The average molecular weight is 530 g/mol. The standard InChI is InChI=1S/C22H34N4O3.HI/c1-22(2)19(18-7-9-29-20(18)22)25-21(23-3)24-14-6-8-26(13-14)15-10-16(27-4)12-17(11-15)28-5;/h10-12,14,18-20H,6-9,13H2,1-5H3,(H2,23,24,25);1H. The van der Waals surface area contributed by atoms with Crippen LogP contribution in [0.5, 0.6) is 11.5 Å². The number of hydrogen-bond acceptors (Lipinski definition) is 5. The van der Waals surface area contributed by atoms with E-state index in [0.717, 1.165) is 55.7 Å². The molecule has 0 spiro atoms. The van der Waals surface area contributed by atoms with Gasteiger partial charge in [0.05, 0.1) is 20.3 Å². The number of halogens is 1.